The van der Waals surface area contributed by atoms with E-state index in [9.17, 15) is 4.79 Å². The van der Waals surface area contributed by atoms with Gasteiger partial charge in [0.15, 0.2) is 0 Å². The summed E-state index contributed by atoms with van der Waals surface area (Å²) in [5.41, 5.74) is 0. The molecule has 0 aromatic heterocycles. The van der Waals surface area contributed by atoms with E-state index in [4.69, 9.17) is 4.74 Å². The van der Waals surface area contributed by atoms with Gasteiger partial charge in [-0.3, -0.25) is 0 Å². The van der Waals surface area contributed by atoms with Crippen molar-refractivity contribution in [1.82, 2.24) is 5.32 Å². The fourth-order valence-corrected chi connectivity index (χ4v) is 1.03. The van der Waals surface area contributed by atoms with Crippen molar-refractivity contribution in [3.63, 3.8) is 0 Å². The minimum atomic E-state index is -0.263. The first kappa shape index (κ1) is 7.38. The predicted octanol–water partition coefficient (Wildman–Crippen LogP) is 1.28. The minimum Gasteiger partial charge on any atom is -0.447 e. The van der Waals surface area contributed by atoms with E-state index in [-0.39, 0.29) is 12.1 Å². The van der Waals surface area contributed by atoms with Gasteiger partial charge in [-0.2, -0.15) is 0 Å². The molecule has 1 N–H and O–H groups in total. The fourth-order valence-electron chi connectivity index (χ4n) is 1.03. The van der Waals surface area contributed by atoms with E-state index in [1.807, 2.05) is 0 Å². The smallest absolute Gasteiger partial charge is 0.407 e. The lowest BCUT2D eigenvalue weighted by Gasteiger charge is -2.03. The number of carbonyl (C=O) groups excluding carboxylic acids is 1. The average molecular weight is 143 g/mol. The third-order valence-electron chi connectivity index (χ3n) is 1.64. The number of hydrogen-bond acceptors (Lipinski definition) is 2. The van der Waals surface area contributed by atoms with E-state index in [1.165, 1.54) is 6.42 Å². The minimum absolute atomic E-state index is 0.263. The lowest BCUT2D eigenvalue weighted by Crippen LogP contribution is -2.25. The largest absolute Gasteiger partial charge is 0.447 e. The van der Waals surface area contributed by atoms with E-state index < -0.39 is 0 Å². The van der Waals surface area contributed by atoms with Crippen LogP contribution in [0.25, 0.3) is 0 Å². The molecule has 0 spiro atoms. The number of unbranched alkanes of at least 4 members (excludes halogenated alkanes) is 1. The van der Waals surface area contributed by atoms with Crippen LogP contribution in [0, 0.1) is 0 Å². The molecule has 0 saturated carbocycles. The van der Waals surface area contributed by atoms with Crippen LogP contribution in [-0.4, -0.2) is 18.7 Å². The Morgan fingerprint density at radius 3 is 3.10 bits per heavy atom. The Labute approximate surface area is 60.7 Å². The molecule has 1 fully saturated rings. The Balaban J connectivity index is 2.12. The van der Waals surface area contributed by atoms with E-state index in [0.717, 1.165) is 12.8 Å². The molecule has 0 aromatic rings. The van der Waals surface area contributed by atoms with Gasteiger partial charge in [0.05, 0.1) is 6.04 Å². The third-order valence-corrected chi connectivity index (χ3v) is 1.64. The molecule has 1 aliphatic heterocycles. The summed E-state index contributed by atoms with van der Waals surface area (Å²) < 4.78 is 4.71. The Kier molecular flexibility index (Phi) is 2.54. The predicted molar refractivity (Wildman–Crippen MR) is 37.8 cm³/mol. The quantitative estimate of drug-likeness (QED) is 0.646. The maximum absolute atomic E-state index is 10.5. The van der Waals surface area contributed by atoms with Crippen LogP contribution in [0.4, 0.5) is 4.79 Å². The molecule has 1 aliphatic rings. The van der Waals surface area contributed by atoms with Gasteiger partial charge in [0.2, 0.25) is 0 Å². The molecule has 0 aromatic carbocycles. The van der Waals surface area contributed by atoms with Crippen LogP contribution in [-0.2, 0) is 4.74 Å². The number of cyclic esters (lactones) is 1. The average Bonchev–Trinajstić information content (AvgIpc) is 2.31. The van der Waals surface area contributed by atoms with E-state index in [2.05, 4.69) is 12.2 Å². The number of ether oxygens (including phenoxy) is 1. The highest BCUT2D eigenvalue weighted by Crippen LogP contribution is 2.05. The Hall–Kier alpha value is -0.730. The molecule has 3 nitrogen and oxygen atoms in total. The maximum atomic E-state index is 10.5. The second-order valence-electron chi connectivity index (χ2n) is 2.58. The summed E-state index contributed by atoms with van der Waals surface area (Å²) in [7, 11) is 0. The van der Waals surface area contributed by atoms with Crippen LogP contribution in [0.3, 0.4) is 0 Å². The summed E-state index contributed by atoms with van der Waals surface area (Å²) in [5.74, 6) is 0. The first-order valence-corrected chi connectivity index (χ1v) is 3.76. The summed E-state index contributed by atoms with van der Waals surface area (Å²) in [6.07, 6.45) is 3.12. The third kappa shape index (κ3) is 1.90. The molecule has 1 atom stereocenters. The number of hydrogen-bond donors (Lipinski definition) is 1. The highest BCUT2D eigenvalue weighted by atomic mass is 16.6. The fraction of sp³-hybridized carbons (Fsp3) is 0.857. The Morgan fingerprint density at radius 1 is 1.80 bits per heavy atom. The van der Waals surface area contributed by atoms with Crippen molar-refractivity contribution in [2.24, 2.45) is 0 Å². The summed E-state index contributed by atoms with van der Waals surface area (Å²) in [6.45, 7) is 2.69. The van der Waals surface area contributed by atoms with Crippen molar-refractivity contribution in [3.8, 4) is 0 Å². The summed E-state index contributed by atoms with van der Waals surface area (Å²) in [5, 5.41) is 2.73. The van der Waals surface area contributed by atoms with Crippen LogP contribution >= 0.6 is 0 Å². The van der Waals surface area contributed by atoms with Gasteiger partial charge in [-0.1, -0.05) is 19.8 Å². The summed E-state index contributed by atoms with van der Waals surface area (Å²) >= 11 is 0. The van der Waals surface area contributed by atoms with Crippen LogP contribution < -0.4 is 5.32 Å². The number of alkyl carbamates (subject to hydrolysis) is 1. The Bertz CT molecular complexity index is 125. The molecule has 0 radical (unpaired) electrons. The standard InChI is InChI=1S/C7H13NO2/c1-2-3-4-6-5-10-7(9)8-6/h6H,2-5H2,1H3,(H,8,9)/t6-/m0/s1. The molecule has 0 bridgehead atoms. The molecule has 0 unspecified atom stereocenters. The molecule has 0 aliphatic carbocycles. The second kappa shape index (κ2) is 3.44. The van der Waals surface area contributed by atoms with Gasteiger partial charge in [0.1, 0.15) is 6.61 Å². The number of nitrogens with one attached hydrogen (secondary N) is 1. The summed E-state index contributed by atoms with van der Waals surface area (Å²) in [4.78, 5) is 10.5. The summed E-state index contributed by atoms with van der Waals surface area (Å²) in [6, 6.07) is 0.271. The highest BCUT2D eigenvalue weighted by Gasteiger charge is 2.20. The molecular weight excluding hydrogens is 130 g/mol. The van der Waals surface area contributed by atoms with E-state index in [1.54, 1.807) is 0 Å². The van der Waals surface area contributed by atoms with Gasteiger partial charge in [-0.25, -0.2) is 4.79 Å². The van der Waals surface area contributed by atoms with Crippen molar-refractivity contribution >= 4 is 6.09 Å². The number of carbonyl (C=O) groups is 1. The van der Waals surface area contributed by atoms with Gasteiger partial charge in [0.25, 0.3) is 0 Å². The number of amides is 1. The molecule has 1 saturated heterocycles. The molecule has 10 heavy (non-hydrogen) atoms. The van der Waals surface area contributed by atoms with Gasteiger partial charge in [-0.05, 0) is 6.42 Å². The first-order valence-electron chi connectivity index (χ1n) is 3.76. The Morgan fingerprint density at radius 2 is 2.60 bits per heavy atom. The van der Waals surface area contributed by atoms with Crippen molar-refractivity contribution in [2.75, 3.05) is 6.61 Å². The van der Waals surface area contributed by atoms with Crippen molar-refractivity contribution in [2.45, 2.75) is 32.2 Å². The van der Waals surface area contributed by atoms with Gasteiger partial charge in [-0.15, -0.1) is 0 Å². The lowest BCUT2D eigenvalue weighted by molar-refractivity contribution is 0.176. The zero-order valence-corrected chi connectivity index (χ0v) is 6.22. The number of rotatable bonds is 3. The van der Waals surface area contributed by atoms with E-state index >= 15 is 0 Å². The highest BCUT2D eigenvalue weighted by molar-refractivity contribution is 5.69. The zero-order valence-electron chi connectivity index (χ0n) is 6.22. The van der Waals surface area contributed by atoms with Crippen molar-refractivity contribution in [3.05, 3.63) is 0 Å². The van der Waals surface area contributed by atoms with Crippen LogP contribution in [0.1, 0.15) is 26.2 Å². The van der Waals surface area contributed by atoms with Gasteiger partial charge >= 0.3 is 6.09 Å². The molecule has 1 rings (SSSR count). The second-order valence-corrected chi connectivity index (χ2v) is 2.58. The molecule has 1 amide bonds. The van der Waals surface area contributed by atoms with Crippen molar-refractivity contribution < 1.29 is 9.53 Å². The van der Waals surface area contributed by atoms with Gasteiger partial charge < -0.3 is 10.1 Å². The first-order chi connectivity index (χ1) is 4.83. The van der Waals surface area contributed by atoms with Crippen LogP contribution in [0.5, 0.6) is 0 Å². The lowest BCUT2D eigenvalue weighted by atomic mass is 10.1. The molecule has 1 heterocycles. The molecule has 58 valence electrons. The normalized spacial score (nSPS) is 24.1. The van der Waals surface area contributed by atoms with E-state index in [0.29, 0.717) is 6.61 Å². The maximum Gasteiger partial charge on any atom is 0.407 e. The van der Waals surface area contributed by atoms with Crippen molar-refractivity contribution in [1.29, 1.82) is 0 Å². The zero-order chi connectivity index (χ0) is 7.40. The monoisotopic (exact) mass is 143 g/mol. The van der Waals surface area contributed by atoms with Crippen LogP contribution in [0.2, 0.25) is 0 Å². The molecule has 3 heteroatoms. The topological polar surface area (TPSA) is 38.3 Å². The van der Waals surface area contributed by atoms with Crippen LogP contribution in [0.15, 0.2) is 0 Å². The van der Waals surface area contributed by atoms with Gasteiger partial charge in [0, 0.05) is 0 Å². The SMILES string of the molecule is CCCC[C@H]1COC(=O)N1. The molecular formula is C7H13NO2.